The molecule has 4 nitrogen and oxygen atoms in total. The Morgan fingerprint density at radius 3 is 2.86 bits per heavy atom. The number of carbonyl (C=O) groups is 1. The Hall–Kier alpha value is -2.49. The van der Waals surface area contributed by atoms with Crippen LogP contribution in [0, 0.1) is 0 Å². The van der Waals surface area contributed by atoms with E-state index in [1.54, 1.807) is 0 Å². The van der Waals surface area contributed by atoms with Gasteiger partial charge < -0.3 is 15.4 Å². The molecule has 114 valence electrons. The zero-order valence-corrected chi connectivity index (χ0v) is 12.6. The highest BCUT2D eigenvalue weighted by molar-refractivity contribution is 5.83. The molecular weight excluding hydrogens is 276 g/mol. The van der Waals surface area contributed by atoms with Crippen LogP contribution in [-0.2, 0) is 11.2 Å². The van der Waals surface area contributed by atoms with Crippen molar-refractivity contribution < 1.29 is 9.53 Å². The number of rotatable bonds is 6. The van der Waals surface area contributed by atoms with Crippen molar-refractivity contribution in [1.82, 2.24) is 0 Å². The van der Waals surface area contributed by atoms with Gasteiger partial charge in [-0.15, -0.1) is 0 Å². The molecule has 0 saturated heterocycles. The molecule has 1 aliphatic rings. The first-order valence-corrected chi connectivity index (χ1v) is 7.65. The highest BCUT2D eigenvalue weighted by atomic mass is 16.5. The van der Waals surface area contributed by atoms with Gasteiger partial charge in [0.25, 0.3) is 0 Å². The van der Waals surface area contributed by atoms with Crippen LogP contribution in [0.3, 0.4) is 0 Å². The van der Waals surface area contributed by atoms with Crippen LogP contribution in [0.15, 0.2) is 42.5 Å². The number of nitrogens with one attached hydrogen (secondary N) is 2. The molecule has 0 aliphatic carbocycles. The van der Waals surface area contributed by atoms with Crippen molar-refractivity contribution >= 4 is 17.8 Å². The molecule has 2 aromatic carbocycles. The van der Waals surface area contributed by atoms with Crippen molar-refractivity contribution in [3.8, 4) is 5.75 Å². The van der Waals surface area contributed by atoms with Crippen LogP contribution in [-0.4, -0.2) is 13.0 Å². The van der Waals surface area contributed by atoms with Crippen LogP contribution in [0.5, 0.6) is 5.75 Å². The Bertz CT molecular complexity index is 645. The zero-order chi connectivity index (χ0) is 15.4. The minimum Gasteiger partial charge on any atom is -0.485 e. The molecule has 1 amide bonds. The third-order valence-electron chi connectivity index (χ3n) is 3.86. The largest absolute Gasteiger partial charge is 0.485 e. The van der Waals surface area contributed by atoms with Gasteiger partial charge in [-0.3, -0.25) is 4.79 Å². The van der Waals surface area contributed by atoms with E-state index in [-0.39, 0.29) is 6.10 Å². The van der Waals surface area contributed by atoms with Crippen LogP contribution in [0.2, 0.25) is 0 Å². The Morgan fingerprint density at radius 1 is 1.23 bits per heavy atom. The standard InChI is InChI=1S/C18H20N2O2/c1-2-10-19-18-14(7-5-8-15(18)20-12-21)17-11-13-6-3-4-9-16(13)22-17/h3-9,12,17,19H,2,10-11H2,1H3,(H,20,21). The molecule has 1 atom stereocenters. The summed E-state index contributed by atoms with van der Waals surface area (Å²) >= 11 is 0. The molecule has 0 radical (unpaired) electrons. The minimum absolute atomic E-state index is 0.0230. The summed E-state index contributed by atoms with van der Waals surface area (Å²) in [6, 6.07) is 14.0. The first-order valence-electron chi connectivity index (χ1n) is 7.65. The predicted molar refractivity (Wildman–Crippen MR) is 88.4 cm³/mol. The summed E-state index contributed by atoms with van der Waals surface area (Å²) in [5.74, 6) is 0.947. The molecule has 0 saturated carbocycles. The van der Waals surface area contributed by atoms with Crippen molar-refractivity contribution in [2.75, 3.05) is 17.2 Å². The first-order chi connectivity index (χ1) is 10.8. The molecule has 1 aliphatic heterocycles. The topological polar surface area (TPSA) is 50.4 Å². The van der Waals surface area contributed by atoms with Crippen molar-refractivity contribution in [3.05, 3.63) is 53.6 Å². The quantitative estimate of drug-likeness (QED) is 0.798. The van der Waals surface area contributed by atoms with E-state index in [9.17, 15) is 4.79 Å². The third-order valence-corrected chi connectivity index (χ3v) is 3.86. The van der Waals surface area contributed by atoms with Crippen LogP contribution >= 0.6 is 0 Å². The van der Waals surface area contributed by atoms with Crippen LogP contribution in [0.4, 0.5) is 11.4 Å². The number of para-hydroxylation sites is 2. The number of carbonyl (C=O) groups excluding carboxylic acids is 1. The second-order valence-corrected chi connectivity index (χ2v) is 5.38. The predicted octanol–water partition coefficient (Wildman–Crippen LogP) is 3.75. The van der Waals surface area contributed by atoms with Crippen molar-refractivity contribution in [2.24, 2.45) is 0 Å². The normalized spacial score (nSPS) is 15.8. The zero-order valence-electron chi connectivity index (χ0n) is 12.6. The molecule has 4 heteroatoms. The lowest BCUT2D eigenvalue weighted by atomic mass is 10.0. The van der Waals surface area contributed by atoms with Gasteiger partial charge in [-0.1, -0.05) is 37.3 Å². The molecule has 0 bridgehead atoms. The van der Waals surface area contributed by atoms with E-state index in [1.165, 1.54) is 5.56 Å². The smallest absolute Gasteiger partial charge is 0.211 e. The fraction of sp³-hybridized carbons (Fsp3) is 0.278. The van der Waals surface area contributed by atoms with E-state index in [4.69, 9.17) is 4.74 Å². The summed E-state index contributed by atoms with van der Waals surface area (Å²) in [4.78, 5) is 10.8. The maximum absolute atomic E-state index is 10.8. The van der Waals surface area contributed by atoms with Crippen LogP contribution < -0.4 is 15.4 Å². The fourth-order valence-electron chi connectivity index (χ4n) is 2.83. The van der Waals surface area contributed by atoms with Gasteiger partial charge >= 0.3 is 0 Å². The molecule has 0 aromatic heterocycles. The van der Waals surface area contributed by atoms with E-state index in [0.29, 0.717) is 6.41 Å². The monoisotopic (exact) mass is 296 g/mol. The number of ether oxygens (including phenoxy) is 1. The SMILES string of the molecule is CCCNc1c(NC=O)cccc1C1Cc2ccccc2O1. The second kappa shape index (κ2) is 6.52. The number of hydrogen-bond acceptors (Lipinski definition) is 3. The van der Waals surface area contributed by atoms with Gasteiger partial charge in [0.1, 0.15) is 11.9 Å². The molecule has 22 heavy (non-hydrogen) atoms. The van der Waals surface area contributed by atoms with E-state index in [2.05, 4.69) is 29.7 Å². The number of anilines is 2. The fourth-order valence-corrected chi connectivity index (χ4v) is 2.83. The lowest BCUT2D eigenvalue weighted by Gasteiger charge is -2.19. The maximum Gasteiger partial charge on any atom is 0.211 e. The summed E-state index contributed by atoms with van der Waals surface area (Å²) < 4.78 is 6.09. The van der Waals surface area contributed by atoms with Crippen molar-refractivity contribution in [2.45, 2.75) is 25.9 Å². The number of hydrogen-bond donors (Lipinski definition) is 2. The van der Waals surface area contributed by atoms with Gasteiger partial charge in [0.15, 0.2) is 0 Å². The van der Waals surface area contributed by atoms with Gasteiger partial charge in [0, 0.05) is 18.5 Å². The number of fused-ring (bicyclic) bond motifs is 1. The maximum atomic E-state index is 10.8. The molecule has 3 rings (SSSR count). The lowest BCUT2D eigenvalue weighted by molar-refractivity contribution is -0.105. The Labute approximate surface area is 130 Å². The molecule has 2 N–H and O–H groups in total. The van der Waals surface area contributed by atoms with E-state index in [1.807, 2.05) is 30.3 Å². The molecule has 0 fully saturated rings. The lowest BCUT2D eigenvalue weighted by Crippen LogP contribution is -2.12. The van der Waals surface area contributed by atoms with Crippen LogP contribution in [0.25, 0.3) is 0 Å². The Morgan fingerprint density at radius 2 is 2.09 bits per heavy atom. The molecular formula is C18H20N2O2. The van der Waals surface area contributed by atoms with E-state index >= 15 is 0 Å². The van der Waals surface area contributed by atoms with Crippen molar-refractivity contribution in [1.29, 1.82) is 0 Å². The molecule has 1 heterocycles. The van der Waals surface area contributed by atoms with E-state index < -0.39 is 0 Å². The van der Waals surface area contributed by atoms with Gasteiger partial charge in [-0.25, -0.2) is 0 Å². The summed E-state index contributed by atoms with van der Waals surface area (Å²) in [6.07, 6.45) is 2.55. The third kappa shape index (κ3) is 2.77. The van der Waals surface area contributed by atoms with Crippen LogP contribution in [0.1, 0.15) is 30.6 Å². The van der Waals surface area contributed by atoms with E-state index in [0.717, 1.165) is 42.1 Å². The molecule has 2 aromatic rings. The summed E-state index contributed by atoms with van der Waals surface area (Å²) in [5.41, 5.74) is 4.05. The molecule has 0 spiro atoms. The Kier molecular flexibility index (Phi) is 4.28. The summed E-state index contributed by atoms with van der Waals surface area (Å²) in [5, 5.41) is 6.19. The average Bonchev–Trinajstić information content (AvgIpc) is 2.97. The first kappa shape index (κ1) is 14.4. The number of amides is 1. The summed E-state index contributed by atoms with van der Waals surface area (Å²) in [7, 11) is 0. The van der Waals surface area contributed by atoms with Crippen molar-refractivity contribution in [3.63, 3.8) is 0 Å². The highest BCUT2D eigenvalue weighted by Crippen LogP contribution is 2.40. The van der Waals surface area contributed by atoms with Gasteiger partial charge in [-0.05, 0) is 24.1 Å². The van der Waals surface area contributed by atoms with Gasteiger partial charge in [0.2, 0.25) is 6.41 Å². The number of benzene rings is 2. The molecule has 1 unspecified atom stereocenters. The van der Waals surface area contributed by atoms with Gasteiger partial charge in [0.05, 0.1) is 11.4 Å². The summed E-state index contributed by atoms with van der Waals surface area (Å²) in [6.45, 7) is 2.97. The Balaban J connectivity index is 1.93. The average molecular weight is 296 g/mol. The minimum atomic E-state index is -0.0230. The van der Waals surface area contributed by atoms with Gasteiger partial charge in [-0.2, -0.15) is 0 Å². The second-order valence-electron chi connectivity index (χ2n) is 5.38. The highest BCUT2D eigenvalue weighted by Gasteiger charge is 2.26.